The molecule has 2 unspecified atom stereocenters. The van der Waals surface area contributed by atoms with Crippen LogP contribution in [0.3, 0.4) is 0 Å². The molecule has 0 aromatic carbocycles. The number of carbonyl (C=O) groups is 1. The van der Waals surface area contributed by atoms with Gasteiger partial charge in [-0.25, -0.2) is 0 Å². The van der Waals surface area contributed by atoms with Crippen LogP contribution in [0.25, 0.3) is 0 Å². The Morgan fingerprint density at radius 1 is 1.25 bits per heavy atom. The molecule has 0 amide bonds. The second-order valence-electron chi connectivity index (χ2n) is 5.92. The van der Waals surface area contributed by atoms with Gasteiger partial charge in [-0.15, -0.1) is 0 Å². The van der Waals surface area contributed by atoms with E-state index in [1.807, 2.05) is 0 Å². The third kappa shape index (κ3) is 8.98. The predicted octanol–water partition coefficient (Wildman–Crippen LogP) is 3.88. The fraction of sp³-hybridized carbons (Fsp3) is 0.938. The average Bonchev–Trinajstić information content (AvgIpc) is 2.43. The van der Waals surface area contributed by atoms with Gasteiger partial charge in [-0.2, -0.15) is 0 Å². The standard InChI is InChI=1S/C16H32O3S/c1-6-8-9-14(7-2)11-20-16(18)15(17)13(5)19-10-12(3)4/h12-15,17H,6-11H2,1-5H3/t13?,14?,15-/m0/s1. The van der Waals surface area contributed by atoms with Crippen LogP contribution in [-0.2, 0) is 9.53 Å². The molecule has 20 heavy (non-hydrogen) atoms. The van der Waals surface area contributed by atoms with Gasteiger partial charge in [0.05, 0.1) is 6.10 Å². The molecule has 1 N–H and O–H groups in total. The topological polar surface area (TPSA) is 46.5 Å². The fourth-order valence-electron chi connectivity index (χ4n) is 1.81. The number of carbonyl (C=O) groups excluding carboxylic acids is 1. The third-order valence-electron chi connectivity index (χ3n) is 3.38. The molecule has 0 saturated heterocycles. The van der Waals surface area contributed by atoms with Crippen LogP contribution < -0.4 is 0 Å². The van der Waals surface area contributed by atoms with Crippen LogP contribution in [0, 0.1) is 11.8 Å². The van der Waals surface area contributed by atoms with E-state index in [2.05, 4.69) is 27.7 Å². The molecule has 0 aliphatic heterocycles. The molecule has 0 aromatic heterocycles. The van der Waals surface area contributed by atoms with Crippen LogP contribution in [0.15, 0.2) is 0 Å². The zero-order valence-electron chi connectivity index (χ0n) is 13.7. The highest BCUT2D eigenvalue weighted by molar-refractivity contribution is 8.13. The first-order valence-corrected chi connectivity index (χ1v) is 8.87. The molecule has 0 aliphatic rings. The van der Waals surface area contributed by atoms with E-state index >= 15 is 0 Å². The van der Waals surface area contributed by atoms with Crippen LogP contribution >= 0.6 is 11.8 Å². The lowest BCUT2D eigenvalue weighted by Crippen LogP contribution is -2.33. The Morgan fingerprint density at radius 2 is 1.90 bits per heavy atom. The normalized spacial score (nSPS) is 16.1. The minimum atomic E-state index is -1.01. The summed E-state index contributed by atoms with van der Waals surface area (Å²) in [5.41, 5.74) is 0. The fourth-order valence-corrected chi connectivity index (χ4v) is 2.98. The summed E-state index contributed by atoms with van der Waals surface area (Å²) in [6.07, 6.45) is 3.23. The Balaban J connectivity index is 4.04. The van der Waals surface area contributed by atoms with Crippen LogP contribution in [0.5, 0.6) is 0 Å². The summed E-state index contributed by atoms with van der Waals surface area (Å²) in [6, 6.07) is 0. The molecule has 120 valence electrons. The van der Waals surface area contributed by atoms with Gasteiger partial charge in [0.25, 0.3) is 0 Å². The SMILES string of the molecule is CCCCC(CC)CSC(=O)[C@@H](O)C(C)OCC(C)C. The summed E-state index contributed by atoms with van der Waals surface area (Å²) in [6.45, 7) is 10.8. The Morgan fingerprint density at radius 3 is 2.40 bits per heavy atom. The Kier molecular flexibility index (Phi) is 11.5. The van der Waals surface area contributed by atoms with Crippen molar-refractivity contribution in [1.29, 1.82) is 0 Å². The van der Waals surface area contributed by atoms with E-state index in [1.165, 1.54) is 31.0 Å². The van der Waals surface area contributed by atoms with Crippen LogP contribution in [0.2, 0.25) is 0 Å². The van der Waals surface area contributed by atoms with Crippen molar-refractivity contribution in [3.63, 3.8) is 0 Å². The number of unbranched alkanes of at least 4 members (excludes halogenated alkanes) is 1. The van der Waals surface area contributed by atoms with Crippen LogP contribution in [-0.4, -0.2) is 34.8 Å². The maximum Gasteiger partial charge on any atom is 0.220 e. The van der Waals surface area contributed by atoms with E-state index in [1.54, 1.807) is 6.92 Å². The van der Waals surface area contributed by atoms with Crippen molar-refractivity contribution in [3.8, 4) is 0 Å². The Labute approximate surface area is 128 Å². The summed E-state index contributed by atoms with van der Waals surface area (Å²) in [5.74, 6) is 1.79. The van der Waals surface area contributed by atoms with Crippen molar-refractivity contribution in [2.24, 2.45) is 11.8 Å². The van der Waals surface area contributed by atoms with E-state index in [0.29, 0.717) is 18.4 Å². The van der Waals surface area contributed by atoms with Crippen LogP contribution in [0.1, 0.15) is 60.3 Å². The van der Waals surface area contributed by atoms with Crippen molar-refractivity contribution in [2.45, 2.75) is 72.5 Å². The lowest BCUT2D eigenvalue weighted by atomic mass is 10.0. The van der Waals surface area contributed by atoms with Gasteiger partial charge in [0, 0.05) is 12.4 Å². The van der Waals surface area contributed by atoms with E-state index in [4.69, 9.17) is 4.74 Å². The lowest BCUT2D eigenvalue weighted by molar-refractivity contribution is -0.126. The van der Waals surface area contributed by atoms with E-state index in [0.717, 1.165) is 12.2 Å². The largest absolute Gasteiger partial charge is 0.382 e. The van der Waals surface area contributed by atoms with Crippen LogP contribution in [0.4, 0.5) is 0 Å². The Hall–Kier alpha value is -0.0600. The summed E-state index contributed by atoms with van der Waals surface area (Å²) in [5, 5.41) is 9.81. The van der Waals surface area contributed by atoms with E-state index in [-0.39, 0.29) is 5.12 Å². The molecule has 0 bridgehead atoms. The van der Waals surface area contributed by atoms with Crippen molar-refractivity contribution in [3.05, 3.63) is 0 Å². The van der Waals surface area contributed by atoms with Gasteiger partial charge in [-0.3, -0.25) is 4.79 Å². The molecule has 4 heteroatoms. The second-order valence-corrected chi connectivity index (χ2v) is 6.95. The van der Waals surface area contributed by atoms with Gasteiger partial charge in [-0.1, -0.05) is 58.7 Å². The van der Waals surface area contributed by atoms with Gasteiger partial charge < -0.3 is 9.84 Å². The number of thioether (sulfide) groups is 1. The number of hydrogen-bond donors (Lipinski definition) is 1. The maximum absolute atomic E-state index is 12.0. The maximum atomic E-state index is 12.0. The predicted molar refractivity (Wildman–Crippen MR) is 87.0 cm³/mol. The molecule has 0 rings (SSSR count). The quantitative estimate of drug-likeness (QED) is 0.629. The molecule has 0 aromatic rings. The number of hydrogen-bond acceptors (Lipinski definition) is 4. The molecule has 0 spiro atoms. The molecule has 3 nitrogen and oxygen atoms in total. The van der Waals surface area contributed by atoms with Gasteiger partial charge in [0.15, 0.2) is 0 Å². The molecule has 3 atom stereocenters. The molecule has 0 fully saturated rings. The molecule has 0 heterocycles. The highest BCUT2D eigenvalue weighted by atomic mass is 32.2. The minimum Gasteiger partial charge on any atom is -0.382 e. The first kappa shape index (κ1) is 19.9. The van der Waals surface area contributed by atoms with Crippen molar-refractivity contribution in [1.82, 2.24) is 0 Å². The highest BCUT2D eigenvalue weighted by Gasteiger charge is 2.24. The summed E-state index contributed by atoms with van der Waals surface area (Å²) >= 11 is 1.26. The summed E-state index contributed by atoms with van der Waals surface area (Å²) in [7, 11) is 0. The van der Waals surface area contributed by atoms with Crippen molar-refractivity contribution >= 4 is 16.9 Å². The average molecular weight is 304 g/mol. The number of aliphatic hydroxyl groups is 1. The first-order valence-electron chi connectivity index (χ1n) is 7.88. The highest BCUT2D eigenvalue weighted by Crippen LogP contribution is 2.21. The third-order valence-corrected chi connectivity index (χ3v) is 4.55. The van der Waals surface area contributed by atoms with Crippen molar-refractivity contribution < 1.29 is 14.6 Å². The molecule has 0 saturated carbocycles. The smallest absolute Gasteiger partial charge is 0.220 e. The monoisotopic (exact) mass is 304 g/mol. The lowest BCUT2D eigenvalue weighted by Gasteiger charge is -2.20. The van der Waals surface area contributed by atoms with E-state index < -0.39 is 12.2 Å². The first-order chi connectivity index (χ1) is 9.42. The second kappa shape index (κ2) is 11.6. The minimum absolute atomic E-state index is 0.156. The number of rotatable bonds is 11. The molecular weight excluding hydrogens is 272 g/mol. The van der Waals surface area contributed by atoms with Gasteiger partial charge in [0.1, 0.15) is 6.10 Å². The summed E-state index contributed by atoms with van der Waals surface area (Å²) < 4.78 is 5.50. The Bertz CT molecular complexity index is 256. The number of ether oxygens (including phenoxy) is 1. The van der Waals surface area contributed by atoms with Gasteiger partial charge >= 0.3 is 0 Å². The molecule has 0 aliphatic carbocycles. The summed E-state index contributed by atoms with van der Waals surface area (Å²) in [4.78, 5) is 12.0. The molecular formula is C16H32O3S. The number of aliphatic hydroxyl groups excluding tert-OH is 1. The zero-order chi connectivity index (χ0) is 15.5. The molecule has 0 radical (unpaired) electrons. The van der Waals surface area contributed by atoms with E-state index in [9.17, 15) is 9.90 Å². The van der Waals surface area contributed by atoms with Crippen molar-refractivity contribution in [2.75, 3.05) is 12.4 Å². The van der Waals surface area contributed by atoms with Gasteiger partial charge in [0.2, 0.25) is 5.12 Å². The zero-order valence-corrected chi connectivity index (χ0v) is 14.5. The van der Waals surface area contributed by atoms with Gasteiger partial charge in [-0.05, 0) is 25.2 Å².